The topological polar surface area (TPSA) is 29.5 Å². The molecular formula is C10H21ClN2O2. The molecule has 1 saturated heterocycles. The summed E-state index contributed by atoms with van der Waals surface area (Å²) in [6, 6.07) is 0. The molecule has 1 rings (SSSR count). The molecular weight excluding hydrogens is 216 g/mol. The van der Waals surface area contributed by atoms with Crippen LogP contribution in [0.3, 0.4) is 0 Å². The lowest BCUT2D eigenvalue weighted by Gasteiger charge is -2.39. The van der Waals surface area contributed by atoms with E-state index in [2.05, 4.69) is 19.0 Å². The van der Waals surface area contributed by atoms with Crippen LogP contribution in [0.5, 0.6) is 0 Å². The molecule has 0 bridgehead atoms. The predicted octanol–water partition coefficient (Wildman–Crippen LogP) is -3.05. The number of likely N-dealkylation sites (N-methyl/N-ethyl adjacent to an activating group) is 2. The molecule has 1 fully saturated rings. The highest BCUT2D eigenvalue weighted by Crippen LogP contribution is 2.08. The van der Waals surface area contributed by atoms with Gasteiger partial charge in [-0.05, 0) is 14.0 Å². The van der Waals surface area contributed by atoms with E-state index in [1.54, 1.807) is 0 Å². The molecule has 90 valence electrons. The van der Waals surface area contributed by atoms with Crippen molar-refractivity contribution >= 4 is 5.97 Å². The quantitative estimate of drug-likeness (QED) is 0.385. The SMILES string of the molecule is CCOC(=O)C[N+]1(C)CCN(C)CC1.[Cl-]. The summed E-state index contributed by atoms with van der Waals surface area (Å²) in [6.45, 7) is 7.05. The van der Waals surface area contributed by atoms with Crippen LogP contribution in [-0.2, 0) is 9.53 Å². The Balaban J connectivity index is 0.00000196. The number of rotatable bonds is 3. The third kappa shape index (κ3) is 4.82. The second-order valence-corrected chi connectivity index (χ2v) is 4.33. The van der Waals surface area contributed by atoms with E-state index in [4.69, 9.17) is 4.74 Å². The van der Waals surface area contributed by atoms with E-state index >= 15 is 0 Å². The average Bonchev–Trinajstić information content (AvgIpc) is 2.11. The highest BCUT2D eigenvalue weighted by atomic mass is 35.5. The Morgan fingerprint density at radius 2 is 1.93 bits per heavy atom. The van der Waals surface area contributed by atoms with E-state index in [0.29, 0.717) is 13.2 Å². The number of quaternary nitrogens is 1. The monoisotopic (exact) mass is 236 g/mol. The summed E-state index contributed by atoms with van der Waals surface area (Å²) in [4.78, 5) is 13.6. The molecule has 1 heterocycles. The molecule has 0 atom stereocenters. The first kappa shape index (κ1) is 14.7. The third-order valence-corrected chi connectivity index (χ3v) is 2.86. The molecule has 0 aromatic rings. The van der Waals surface area contributed by atoms with Crippen LogP contribution in [0.1, 0.15) is 6.92 Å². The molecule has 1 aliphatic rings. The van der Waals surface area contributed by atoms with Gasteiger partial charge in [0.2, 0.25) is 0 Å². The first-order chi connectivity index (χ1) is 6.56. The van der Waals surface area contributed by atoms with Crippen LogP contribution in [0, 0.1) is 0 Å². The van der Waals surface area contributed by atoms with Crippen molar-refractivity contribution in [3.8, 4) is 0 Å². The zero-order valence-corrected chi connectivity index (χ0v) is 10.6. The van der Waals surface area contributed by atoms with Crippen molar-refractivity contribution in [2.45, 2.75) is 6.92 Å². The molecule has 0 amide bonds. The van der Waals surface area contributed by atoms with E-state index in [-0.39, 0.29) is 18.4 Å². The summed E-state index contributed by atoms with van der Waals surface area (Å²) in [7, 11) is 4.25. The molecule has 0 N–H and O–H groups in total. The van der Waals surface area contributed by atoms with E-state index < -0.39 is 0 Å². The van der Waals surface area contributed by atoms with Gasteiger partial charge in [-0.2, -0.15) is 0 Å². The van der Waals surface area contributed by atoms with Crippen LogP contribution in [0.2, 0.25) is 0 Å². The van der Waals surface area contributed by atoms with Crippen molar-refractivity contribution in [3.63, 3.8) is 0 Å². The summed E-state index contributed by atoms with van der Waals surface area (Å²) in [6.07, 6.45) is 0. The normalized spacial score (nSPS) is 20.5. The van der Waals surface area contributed by atoms with Crippen LogP contribution in [0.15, 0.2) is 0 Å². The summed E-state index contributed by atoms with van der Waals surface area (Å²) in [5.41, 5.74) is 0. The minimum Gasteiger partial charge on any atom is -1.00 e. The largest absolute Gasteiger partial charge is 1.00 e. The van der Waals surface area contributed by atoms with Crippen molar-refractivity contribution in [1.82, 2.24) is 4.90 Å². The fourth-order valence-corrected chi connectivity index (χ4v) is 1.72. The maximum atomic E-state index is 11.3. The average molecular weight is 237 g/mol. The Hall–Kier alpha value is -0.320. The van der Waals surface area contributed by atoms with Gasteiger partial charge in [0.05, 0.1) is 26.7 Å². The van der Waals surface area contributed by atoms with Crippen molar-refractivity contribution in [2.75, 3.05) is 53.4 Å². The molecule has 0 saturated carbocycles. The number of hydrogen-bond donors (Lipinski definition) is 0. The molecule has 0 aliphatic carbocycles. The van der Waals surface area contributed by atoms with Crippen molar-refractivity contribution < 1.29 is 26.4 Å². The van der Waals surface area contributed by atoms with E-state index in [9.17, 15) is 4.79 Å². The third-order valence-electron chi connectivity index (χ3n) is 2.86. The van der Waals surface area contributed by atoms with Crippen LogP contribution in [0.25, 0.3) is 0 Å². The lowest BCUT2D eigenvalue weighted by atomic mass is 10.2. The maximum absolute atomic E-state index is 11.3. The number of hydrogen-bond acceptors (Lipinski definition) is 3. The standard InChI is InChI=1S/C10H21N2O2.ClH/c1-4-14-10(13)9-12(3)7-5-11(2)6-8-12;/h4-9H2,1-3H3;1H/q+1;/p-1. The molecule has 0 radical (unpaired) electrons. The number of nitrogens with zero attached hydrogens (tertiary/aromatic N) is 2. The Bertz CT molecular complexity index is 204. The number of carbonyl (C=O) groups excluding carboxylic acids is 1. The molecule has 15 heavy (non-hydrogen) atoms. The molecule has 0 aromatic carbocycles. The summed E-state index contributed by atoms with van der Waals surface area (Å²) in [5.74, 6) is -0.0699. The first-order valence-electron chi connectivity index (χ1n) is 5.23. The smallest absolute Gasteiger partial charge is 0.361 e. The fourth-order valence-electron chi connectivity index (χ4n) is 1.72. The molecule has 0 unspecified atom stereocenters. The number of ether oxygens (including phenoxy) is 1. The minimum absolute atomic E-state index is 0. The first-order valence-corrected chi connectivity index (χ1v) is 5.23. The van der Waals surface area contributed by atoms with E-state index in [0.717, 1.165) is 30.7 Å². The van der Waals surface area contributed by atoms with Gasteiger partial charge in [0.15, 0.2) is 6.54 Å². The summed E-state index contributed by atoms with van der Waals surface area (Å²) < 4.78 is 5.79. The summed E-state index contributed by atoms with van der Waals surface area (Å²) in [5, 5.41) is 0. The van der Waals surface area contributed by atoms with Gasteiger partial charge in [-0.15, -0.1) is 0 Å². The Kier molecular flexibility index (Phi) is 6.17. The number of esters is 1. The van der Waals surface area contributed by atoms with Crippen molar-refractivity contribution in [3.05, 3.63) is 0 Å². The minimum atomic E-state index is -0.0699. The van der Waals surface area contributed by atoms with Crippen LogP contribution >= 0.6 is 0 Å². The summed E-state index contributed by atoms with van der Waals surface area (Å²) >= 11 is 0. The van der Waals surface area contributed by atoms with Gasteiger partial charge in [-0.3, -0.25) is 4.90 Å². The van der Waals surface area contributed by atoms with Gasteiger partial charge in [-0.1, -0.05) is 0 Å². The van der Waals surface area contributed by atoms with Gasteiger partial charge in [-0.25, -0.2) is 4.79 Å². The van der Waals surface area contributed by atoms with Gasteiger partial charge < -0.3 is 21.6 Å². The zero-order chi connectivity index (χ0) is 10.6. The molecule has 1 aliphatic heterocycles. The second kappa shape index (κ2) is 6.30. The van der Waals surface area contributed by atoms with Crippen LogP contribution in [0.4, 0.5) is 0 Å². The highest BCUT2D eigenvalue weighted by Gasteiger charge is 2.30. The zero-order valence-electron chi connectivity index (χ0n) is 9.83. The lowest BCUT2D eigenvalue weighted by Crippen LogP contribution is -3.00. The number of halogens is 1. The van der Waals surface area contributed by atoms with Crippen molar-refractivity contribution in [1.29, 1.82) is 0 Å². The van der Waals surface area contributed by atoms with Crippen LogP contribution < -0.4 is 12.4 Å². The van der Waals surface area contributed by atoms with Crippen LogP contribution in [-0.4, -0.2) is 68.8 Å². The Labute approximate surface area is 98.2 Å². The fraction of sp³-hybridized carbons (Fsp3) is 0.900. The molecule has 4 nitrogen and oxygen atoms in total. The number of carbonyl (C=O) groups is 1. The second-order valence-electron chi connectivity index (χ2n) is 4.33. The van der Waals surface area contributed by atoms with E-state index in [1.807, 2.05) is 6.92 Å². The van der Waals surface area contributed by atoms with Gasteiger partial charge >= 0.3 is 5.97 Å². The maximum Gasteiger partial charge on any atom is 0.361 e. The lowest BCUT2D eigenvalue weighted by molar-refractivity contribution is -0.906. The van der Waals surface area contributed by atoms with Gasteiger partial charge in [0.1, 0.15) is 0 Å². The van der Waals surface area contributed by atoms with Gasteiger partial charge in [0.25, 0.3) is 0 Å². The number of piperazine rings is 1. The van der Waals surface area contributed by atoms with Gasteiger partial charge in [0, 0.05) is 13.1 Å². The predicted molar refractivity (Wildman–Crippen MR) is 54.9 cm³/mol. The molecule has 5 heteroatoms. The molecule has 0 spiro atoms. The van der Waals surface area contributed by atoms with Crippen molar-refractivity contribution in [2.24, 2.45) is 0 Å². The van der Waals surface area contributed by atoms with E-state index in [1.165, 1.54) is 0 Å². The Morgan fingerprint density at radius 3 is 2.40 bits per heavy atom. The highest BCUT2D eigenvalue weighted by molar-refractivity contribution is 5.70. The Morgan fingerprint density at radius 1 is 1.40 bits per heavy atom. The molecule has 0 aromatic heterocycles.